The average Bonchev–Trinajstić information content (AvgIpc) is 3.24. The summed E-state index contributed by atoms with van der Waals surface area (Å²) in [5.41, 5.74) is 9.12. The van der Waals surface area contributed by atoms with Crippen molar-refractivity contribution in [1.29, 1.82) is 0 Å². The van der Waals surface area contributed by atoms with E-state index < -0.39 is 0 Å². The molecule has 1 heterocycles. The minimum atomic E-state index is 0.886. The van der Waals surface area contributed by atoms with Gasteiger partial charge >= 0.3 is 0 Å². The highest BCUT2D eigenvalue weighted by Gasteiger charge is 2.22. The van der Waals surface area contributed by atoms with Crippen LogP contribution in [0.15, 0.2) is 46.9 Å². The van der Waals surface area contributed by atoms with Gasteiger partial charge in [0.15, 0.2) is 0 Å². The molecule has 132 valence electrons. The molecule has 0 spiro atoms. The molecule has 26 heavy (non-hydrogen) atoms. The van der Waals surface area contributed by atoms with Gasteiger partial charge in [0.2, 0.25) is 0 Å². The van der Waals surface area contributed by atoms with Crippen molar-refractivity contribution in [2.24, 2.45) is 0 Å². The van der Waals surface area contributed by atoms with Crippen LogP contribution in [0.3, 0.4) is 0 Å². The molecule has 0 saturated heterocycles. The number of aryl methyl sites for hydroxylation is 3. The average molecular weight is 344 g/mol. The summed E-state index contributed by atoms with van der Waals surface area (Å²) >= 11 is 0. The Morgan fingerprint density at radius 3 is 2.42 bits per heavy atom. The van der Waals surface area contributed by atoms with Gasteiger partial charge in [0, 0.05) is 6.42 Å². The molecule has 2 heteroatoms. The number of ether oxygens (including phenoxy) is 1. The Labute approximate surface area is 155 Å². The van der Waals surface area contributed by atoms with Crippen molar-refractivity contribution in [2.75, 3.05) is 7.11 Å². The quantitative estimate of drug-likeness (QED) is 0.559. The smallest absolute Gasteiger partial charge is 0.130 e. The van der Waals surface area contributed by atoms with E-state index in [1.54, 1.807) is 7.11 Å². The maximum Gasteiger partial charge on any atom is 0.130 e. The molecule has 1 aliphatic carbocycles. The van der Waals surface area contributed by atoms with Crippen molar-refractivity contribution in [2.45, 2.75) is 33.6 Å². The van der Waals surface area contributed by atoms with E-state index in [1.807, 2.05) is 19.1 Å². The molecular formula is C24H24O2. The summed E-state index contributed by atoms with van der Waals surface area (Å²) in [6.07, 6.45) is 4.25. The number of hydrogen-bond acceptors (Lipinski definition) is 2. The molecular weight excluding hydrogens is 320 g/mol. The molecule has 0 aliphatic heterocycles. The van der Waals surface area contributed by atoms with E-state index in [9.17, 15) is 0 Å². The first-order valence-electron chi connectivity index (χ1n) is 9.18. The standard InChI is InChI=1S/C24H24O2/c1-5-17-6-7-19-13-20(23-12-15(2)16(3)26-23)14-22(19)24(17)18-8-10-21(25-4)11-9-18/h6-12,14H,5,13H2,1-4H3. The summed E-state index contributed by atoms with van der Waals surface area (Å²) in [5.74, 6) is 2.88. The molecule has 4 rings (SSSR count). The van der Waals surface area contributed by atoms with Crippen LogP contribution in [0.2, 0.25) is 0 Å². The molecule has 1 aromatic heterocycles. The van der Waals surface area contributed by atoms with Gasteiger partial charge in [-0.15, -0.1) is 0 Å². The van der Waals surface area contributed by atoms with E-state index in [0.29, 0.717) is 0 Å². The molecule has 0 unspecified atom stereocenters. The zero-order valence-electron chi connectivity index (χ0n) is 15.8. The summed E-state index contributed by atoms with van der Waals surface area (Å²) in [6.45, 7) is 6.34. The zero-order chi connectivity index (χ0) is 18.3. The SMILES string of the molecule is CCc1ccc2c(c1-c1ccc(OC)cc1)C=C(c1cc(C)c(C)o1)C2. The predicted octanol–water partition coefficient (Wildman–Crippen LogP) is 6.23. The third kappa shape index (κ3) is 2.76. The molecule has 2 aromatic carbocycles. The van der Waals surface area contributed by atoms with E-state index in [4.69, 9.17) is 9.15 Å². The van der Waals surface area contributed by atoms with Crippen LogP contribution in [0.4, 0.5) is 0 Å². The van der Waals surface area contributed by atoms with Crippen LogP contribution < -0.4 is 4.74 Å². The van der Waals surface area contributed by atoms with Gasteiger partial charge in [0.1, 0.15) is 17.3 Å². The third-order valence-corrected chi connectivity index (χ3v) is 5.36. The Balaban J connectivity index is 1.84. The lowest BCUT2D eigenvalue weighted by Crippen LogP contribution is -1.94. The van der Waals surface area contributed by atoms with Crippen LogP contribution in [-0.4, -0.2) is 7.11 Å². The normalized spacial score (nSPS) is 12.8. The maximum absolute atomic E-state index is 5.98. The van der Waals surface area contributed by atoms with E-state index in [-0.39, 0.29) is 0 Å². The van der Waals surface area contributed by atoms with Crippen molar-refractivity contribution in [3.05, 3.63) is 76.2 Å². The second-order valence-corrected chi connectivity index (χ2v) is 6.95. The zero-order valence-corrected chi connectivity index (χ0v) is 15.8. The molecule has 1 aliphatic rings. The van der Waals surface area contributed by atoms with Crippen LogP contribution >= 0.6 is 0 Å². The number of furan rings is 1. The Morgan fingerprint density at radius 2 is 1.81 bits per heavy atom. The molecule has 0 bridgehead atoms. The molecule has 0 fully saturated rings. The summed E-state index contributed by atoms with van der Waals surface area (Å²) in [7, 11) is 1.70. The Bertz CT molecular complexity index is 968. The topological polar surface area (TPSA) is 22.4 Å². The number of hydrogen-bond donors (Lipinski definition) is 0. The predicted molar refractivity (Wildman–Crippen MR) is 108 cm³/mol. The first kappa shape index (κ1) is 16.7. The van der Waals surface area contributed by atoms with Gasteiger partial charge in [-0.1, -0.05) is 31.2 Å². The molecule has 3 aromatic rings. The highest BCUT2D eigenvalue weighted by molar-refractivity contribution is 5.94. The fraction of sp³-hybridized carbons (Fsp3) is 0.250. The number of fused-ring (bicyclic) bond motifs is 1. The monoisotopic (exact) mass is 344 g/mol. The first-order valence-corrected chi connectivity index (χ1v) is 9.18. The van der Waals surface area contributed by atoms with Gasteiger partial charge < -0.3 is 9.15 Å². The van der Waals surface area contributed by atoms with Crippen molar-refractivity contribution < 1.29 is 9.15 Å². The minimum Gasteiger partial charge on any atom is -0.497 e. The van der Waals surface area contributed by atoms with Crippen LogP contribution in [0.5, 0.6) is 5.75 Å². The fourth-order valence-electron chi connectivity index (χ4n) is 3.74. The van der Waals surface area contributed by atoms with Gasteiger partial charge in [-0.25, -0.2) is 0 Å². The van der Waals surface area contributed by atoms with Crippen molar-refractivity contribution in [3.8, 4) is 16.9 Å². The molecule has 2 nitrogen and oxygen atoms in total. The second kappa shape index (κ2) is 6.53. The Morgan fingerprint density at radius 1 is 1.04 bits per heavy atom. The minimum absolute atomic E-state index is 0.886. The highest BCUT2D eigenvalue weighted by Crippen LogP contribution is 2.40. The van der Waals surface area contributed by atoms with E-state index in [0.717, 1.165) is 30.1 Å². The van der Waals surface area contributed by atoms with Gasteiger partial charge in [-0.2, -0.15) is 0 Å². The lowest BCUT2D eigenvalue weighted by atomic mass is 9.91. The summed E-state index contributed by atoms with van der Waals surface area (Å²) < 4.78 is 11.3. The first-order chi connectivity index (χ1) is 12.6. The molecule has 0 amide bonds. The second-order valence-electron chi connectivity index (χ2n) is 6.95. The molecule has 0 N–H and O–H groups in total. The third-order valence-electron chi connectivity index (χ3n) is 5.36. The largest absolute Gasteiger partial charge is 0.497 e. The van der Waals surface area contributed by atoms with E-state index >= 15 is 0 Å². The van der Waals surface area contributed by atoms with Crippen LogP contribution in [0.1, 0.15) is 40.7 Å². The summed E-state index contributed by atoms with van der Waals surface area (Å²) in [4.78, 5) is 0. The van der Waals surface area contributed by atoms with Crippen molar-refractivity contribution in [1.82, 2.24) is 0 Å². The highest BCUT2D eigenvalue weighted by atomic mass is 16.5. The Kier molecular flexibility index (Phi) is 4.20. The van der Waals surface area contributed by atoms with Crippen molar-refractivity contribution >= 4 is 11.6 Å². The fourth-order valence-corrected chi connectivity index (χ4v) is 3.74. The molecule has 0 atom stereocenters. The van der Waals surface area contributed by atoms with E-state index in [1.165, 1.54) is 39.0 Å². The van der Waals surface area contributed by atoms with Crippen LogP contribution in [0.25, 0.3) is 22.8 Å². The number of methoxy groups -OCH3 is 1. The van der Waals surface area contributed by atoms with Crippen molar-refractivity contribution in [3.63, 3.8) is 0 Å². The number of allylic oxidation sites excluding steroid dienone is 1. The summed E-state index contributed by atoms with van der Waals surface area (Å²) in [6, 6.07) is 15.1. The van der Waals surface area contributed by atoms with Gasteiger partial charge in [-0.3, -0.25) is 0 Å². The maximum atomic E-state index is 5.98. The molecule has 0 radical (unpaired) electrons. The van der Waals surface area contributed by atoms with Crippen LogP contribution in [0, 0.1) is 13.8 Å². The molecule has 0 saturated carbocycles. The van der Waals surface area contributed by atoms with Crippen LogP contribution in [-0.2, 0) is 12.8 Å². The van der Waals surface area contributed by atoms with Gasteiger partial charge in [-0.05, 0) is 83.5 Å². The van der Waals surface area contributed by atoms with Gasteiger partial charge in [0.25, 0.3) is 0 Å². The number of benzene rings is 2. The lowest BCUT2D eigenvalue weighted by Gasteiger charge is -2.14. The Hall–Kier alpha value is -2.74. The van der Waals surface area contributed by atoms with E-state index in [2.05, 4.69) is 50.3 Å². The number of rotatable bonds is 4. The lowest BCUT2D eigenvalue weighted by molar-refractivity contribution is 0.415. The summed E-state index contributed by atoms with van der Waals surface area (Å²) in [5, 5.41) is 0. The van der Waals surface area contributed by atoms with Gasteiger partial charge in [0.05, 0.1) is 7.11 Å².